The molecule has 1 saturated heterocycles. The summed E-state index contributed by atoms with van der Waals surface area (Å²) in [4.78, 5) is 14.5. The molecule has 24 heavy (non-hydrogen) atoms. The van der Waals surface area contributed by atoms with Crippen LogP contribution in [0.2, 0.25) is 0 Å². The van der Waals surface area contributed by atoms with Gasteiger partial charge in [-0.1, -0.05) is 12.8 Å². The maximum absolute atomic E-state index is 12.6. The van der Waals surface area contributed by atoms with Gasteiger partial charge >= 0.3 is 6.03 Å². The van der Waals surface area contributed by atoms with Gasteiger partial charge in [0.15, 0.2) is 11.5 Å². The van der Waals surface area contributed by atoms with Crippen LogP contribution in [0.5, 0.6) is 17.2 Å². The fourth-order valence-electron chi connectivity index (χ4n) is 3.93. The van der Waals surface area contributed by atoms with Gasteiger partial charge in [-0.05, 0) is 24.7 Å². The van der Waals surface area contributed by atoms with E-state index >= 15 is 0 Å². The Hall–Kier alpha value is -2.11. The number of fused-ring (bicyclic) bond motifs is 1. The number of hydrogen-bond acceptors (Lipinski definition) is 4. The number of methoxy groups -OCH3 is 3. The molecule has 3 rings (SSSR count). The molecule has 1 N–H and O–H groups in total. The van der Waals surface area contributed by atoms with Crippen LogP contribution in [-0.4, -0.2) is 45.3 Å². The maximum atomic E-state index is 12.6. The lowest BCUT2D eigenvalue weighted by Crippen LogP contribution is -2.33. The molecule has 1 saturated carbocycles. The molecule has 2 unspecified atom stereocenters. The Morgan fingerprint density at radius 1 is 1.00 bits per heavy atom. The Morgan fingerprint density at radius 2 is 1.54 bits per heavy atom. The monoisotopic (exact) mass is 334 g/mol. The van der Waals surface area contributed by atoms with Gasteiger partial charge in [-0.3, -0.25) is 0 Å². The van der Waals surface area contributed by atoms with Crippen LogP contribution >= 0.6 is 0 Å². The van der Waals surface area contributed by atoms with Crippen LogP contribution < -0.4 is 19.5 Å². The van der Waals surface area contributed by atoms with E-state index in [2.05, 4.69) is 5.32 Å². The zero-order valence-electron chi connectivity index (χ0n) is 14.6. The first kappa shape index (κ1) is 16.7. The topological polar surface area (TPSA) is 60.0 Å². The molecule has 0 aromatic heterocycles. The van der Waals surface area contributed by atoms with Crippen LogP contribution in [-0.2, 0) is 0 Å². The summed E-state index contributed by atoms with van der Waals surface area (Å²) in [7, 11) is 4.69. The van der Waals surface area contributed by atoms with Crippen molar-refractivity contribution in [2.24, 2.45) is 11.8 Å². The van der Waals surface area contributed by atoms with Crippen LogP contribution in [0.25, 0.3) is 0 Å². The number of nitrogens with one attached hydrogen (secondary N) is 1. The van der Waals surface area contributed by atoms with Gasteiger partial charge in [0.05, 0.1) is 27.0 Å². The van der Waals surface area contributed by atoms with Crippen molar-refractivity contribution in [1.82, 2.24) is 4.90 Å². The molecule has 0 radical (unpaired) electrons. The lowest BCUT2D eigenvalue weighted by molar-refractivity contribution is 0.220. The number of benzene rings is 1. The molecule has 1 aliphatic heterocycles. The van der Waals surface area contributed by atoms with E-state index in [1.807, 2.05) is 4.90 Å². The smallest absolute Gasteiger partial charge is 0.321 e. The van der Waals surface area contributed by atoms with E-state index in [1.54, 1.807) is 33.5 Å². The number of anilines is 1. The fourth-order valence-corrected chi connectivity index (χ4v) is 3.93. The number of urea groups is 1. The number of amides is 2. The Bertz CT molecular complexity index is 566. The molecule has 0 spiro atoms. The lowest BCUT2D eigenvalue weighted by atomic mass is 9.82. The fraction of sp³-hybridized carbons (Fsp3) is 0.611. The highest BCUT2D eigenvalue weighted by molar-refractivity contribution is 5.90. The number of nitrogens with zero attached hydrogens (tertiary/aromatic N) is 1. The molecule has 132 valence electrons. The molecule has 2 amide bonds. The molecule has 6 heteroatoms. The molecule has 1 aromatic rings. The molecule has 2 atom stereocenters. The third kappa shape index (κ3) is 3.23. The summed E-state index contributed by atoms with van der Waals surface area (Å²) in [5.74, 6) is 2.92. The summed E-state index contributed by atoms with van der Waals surface area (Å²) < 4.78 is 16.0. The Balaban J connectivity index is 1.72. The van der Waals surface area contributed by atoms with Gasteiger partial charge < -0.3 is 24.4 Å². The summed E-state index contributed by atoms with van der Waals surface area (Å²) in [5.41, 5.74) is 0.643. The van der Waals surface area contributed by atoms with Crippen molar-refractivity contribution in [2.75, 3.05) is 39.7 Å². The minimum atomic E-state index is -0.0568. The van der Waals surface area contributed by atoms with Gasteiger partial charge in [0.25, 0.3) is 0 Å². The van der Waals surface area contributed by atoms with E-state index in [-0.39, 0.29) is 6.03 Å². The third-order valence-corrected chi connectivity index (χ3v) is 5.18. The summed E-state index contributed by atoms with van der Waals surface area (Å²) in [6.45, 7) is 1.72. The molecule has 6 nitrogen and oxygen atoms in total. The second-order valence-electron chi connectivity index (χ2n) is 6.55. The molecule has 2 aliphatic rings. The van der Waals surface area contributed by atoms with Crippen LogP contribution in [0.4, 0.5) is 10.5 Å². The zero-order chi connectivity index (χ0) is 17.1. The van der Waals surface area contributed by atoms with Gasteiger partial charge in [-0.15, -0.1) is 0 Å². The summed E-state index contributed by atoms with van der Waals surface area (Å²) in [6, 6.07) is 3.45. The molecule has 1 heterocycles. The van der Waals surface area contributed by atoms with Gasteiger partial charge in [-0.25, -0.2) is 4.79 Å². The first-order valence-corrected chi connectivity index (χ1v) is 8.52. The minimum Gasteiger partial charge on any atom is -0.493 e. The van der Waals surface area contributed by atoms with Crippen LogP contribution in [0.1, 0.15) is 25.7 Å². The number of carbonyl (C=O) groups excluding carboxylic acids is 1. The second kappa shape index (κ2) is 7.20. The highest BCUT2D eigenvalue weighted by Crippen LogP contribution is 2.40. The third-order valence-electron chi connectivity index (χ3n) is 5.18. The van der Waals surface area contributed by atoms with E-state index in [0.717, 1.165) is 13.1 Å². The Kier molecular flexibility index (Phi) is 5.02. The molecule has 1 aromatic carbocycles. The summed E-state index contributed by atoms with van der Waals surface area (Å²) >= 11 is 0. The van der Waals surface area contributed by atoms with Crippen LogP contribution in [0.15, 0.2) is 12.1 Å². The van der Waals surface area contributed by atoms with E-state index in [4.69, 9.17) is 14.2 Å². The molecule has 2 fully saturated rings. The molecule has 1 aliphatic carbocycles. The van der Waals surface area contributed by atoms with E-state index in [0.29, 0.717) is 34.8 Å². The highest BCUT2D eigenvalue weighted by Gasteiger charge is 2.36. The van der Waals surface area contributed by atoms with Crippen LogP contribution in [0, 0.1) is 11.8 Å². The standard InChI is InChI=1S/C18H26N2O4/c1-22-15-8-14(9-16(23-2)17(15)24-3)19-18(21)20-10-12-6-4-5-7-13(12)11-20/h8-9,12-13H,4-7,10-11H2,1-3H3,(H,19,21). The van der Waals surface area contributed by atoms with Crippen molar-refractivity contribution in [3.63, 3.8) is 0 Å². The first-order valence-electron chi connectivity index (χ1n) is 8.52. The maximum Gasteiger partial charge on any atom is 0.321 e. The van der Waals surface area contributed by atoms with Crippen molar-refractivity contribution < 1.29 is 19.0 Å². The van der Waals surface area contributed by atoms with Gasteiger partial charge in [0, 0.05) is 25.2 Å². The van der Waals surface area contributed by atoms with Crippen molar-refractivity contribution >= 4 is 11.7 Å². The number of hydrogen-bond donors (Lipinski definition) is 1. The van der Waals surface area contributed by atoms with E-state index in [9.17, 15) is 4.79 Å². The van der Waals surface area contributed by atoms with E-state index < -0.39 is 0 Å². The lowest BCUT2D eigenvalue weighted by Gasteiger charge is -2.22. The molecular formula is C18H26N2O4. The Morgan fingerprint density at radius 3 is 2.00 bits per heavy atom. The second-order valence-corrected chi connectivity index (χ2v) is 6.55. The van der Waals surface area contributed by atoms with Gasteiger partial charge in [-0.2, -0.15) is 0 Å². The van der Waals surface area contributed by atoms with Gasteiger partial charge in [0.2, 0.25) is 5.75 Å². The number of carbonyl (C=O) groups is 1. The Labute approximate surface area is 143 Å². The largest absolute Gasteiger partial charge is 0.493 e. The van der Waals surface area contributed by atoms with Crippen LogP contribution in [0.3, 0.4) is 0 Å². The molecular weight excluding hydrogens is 308 g/mol. The normalized spacial score (nSPS) is 22.7. The quantitative estimate of drug-likeness (QED) is 0.917. The highest BCUT2D eigenvalue weighted by atomic mass is 16.5. The number of ether oxygens (including phenoxy) is 3. The van der Waals surface area contributed by atoms with Crippen molar-refractivity contribution in [2.45, 2.75) is 25.7 Å². The van der Waals surface area contributed by atoms with E-state index in [1.165, 1.54) is 25.7 Å². The van der Waals surface area contributed by atoms with Gasteiger partial charge in [0.1, 0.15) is 0 Å². The summed E-state index contributed by atoms with van der Waals surface area (Å²) in [6.07, 6.45) is 5.09. The SMILES string of the molecule is COc1cc(NC(=O)N2CC3CCCCC3C2)cc(OC)c1OC. The first-order chi connectivity index (χ1) is 11.7. The predicted octanol–water partition coefficient (Wildman–Crippen LogP) is 3.37. The van der Waals surface area contributed by atoms with Crippen molar-refractivity contribution in [3.8, 4) is 17.2 Å². The zero-order valence-corrected chi connectivity index (χ0v) is 14.6. The predicted molar refractivity (Wildman–Crippen MR) is 92.1 cm³/mol. The van der Waals surface area contributed by atoms with Crippen molar-refractivity contribution in [3.05, 3.63) is 12.1 Å². The summed E-state index contributed by atoms with van der Waals surface area (Å²) in [5, 5.41) is 2.97. The molecule has 0 bridgehead atoms. The number of rotatable bonds is 4. The van der Waals surface area contributed by atoms with Crippen molar-refractivity contribution in [1.29, 1.82) is 0 Å². The average Bonchev–Trinajstić information content (AvgIpc) is 3.05. The number of likely N-dealkylation sites (tertiary alicyclic amines) is 1. The minimum absolute atomic E-state index is 0.0568. The average molecular weight is 334 g/mol.